The number of nitrogens with zero attached hydrogens (tertiary/aromatic N) is 1. The molecule has 0 saturated carbocycles. The molecular weight excluding hydrogens is 380 g/mol. The van der Waals surface area contributed by atoms with Crippen LogP contribution in [0, 0.1) is 13.8 Å². The molecule has 3 aromatic rings. The van der Waals surface area contributed by atoms with Gasteiger partial charge in [-0.05, 0) is 67.4 Å². The Morgan fingerprint density at radius 2 is 1.57 bits per heavy atom. The van der Waals surface area contributed by atoms with E-state index in [9.17, 15) is 9.59 Å². The average Bonchev–Trinajstić information content (AvgIpc) is 2.75. The second-order valence-corrected chi connectivity index (χ2v) is 6.67. The molecule has 0 radical (unpaired) electrons. The molecule has 0 spiro atoms. The maximum atomic E-state index is 12.2. The van der Waals surface area contributed by atoms with Crippen LogP contribution in [0.25, 0.3) is 0 Å². The van der Waals surface area contributed by atoms with Crippen LogP contribution in [0.5, 0.6) is 11.5 Å². The second-order valence-electron chi connectivity index (χ2n) is 6.67. The maximum Gasteiger partial charge on any atom is 0.343 e. The van der Waals surface area contributed by atoms with Gasteiger partial charge in [-0.3, -0.25) is 4.79 Å². The summed E-state index contributed by atoms with van der Waals surface area (Å²) in [6.45, 7) is 3.70. The van der Waals surface area contributed by atoms with Crippen molar-refractivity contribution in [1.82, 2.24) is 5.43 Å². The van der Waals surface area contributed by atoms with Gasteiger partial charge in [0.05, 0.1) is 11.8 Å². The normalized spacial score (nSPS) is 10.6. The van der Waals surface area contributed by atoms with Gasteiger partial charge in [-0.2, -0.15) is 5.10 Å². The van der Waals surface area contributed by atoms with Gasteiger partial charge in [0.15, 0.2) is 6.61 Å². The van der Waals surface area contributed by atoms with Gasteiger partial charge in [-0.25, -0.2) is 10.2 Å². The summed E-state index contributed by atoms with van der Waals surface area (Å²) in [7, 11) is 0. The Kier molecular flexibility index (Phi) is 6.95. The van der Waals surface area contributed by atoms with Gasteiger partial charge in [0.25, 0.3) is 5.91 Å². The van der Waals surface area contributed by atoms with Gasteiger partial charge < -0.3 is 9.47 Å². The summed E-state index contributed by atoms with van der Waals surface area (Å²) in [5.74, 6) is 0.275. The molecule has 1 N–H and O–H groups in total. The summed E-state index contributed by atoms with van der Waals surface area (Å²) in [5, 5.41) is 3.91. The minimum Gasteiger partial charge on any atom is -0.484 e. The molecule has 0 atom stereocenters. The molecule has 3 rings (SSSR count). The van der Waals surface area contributed by atoms with E-state index in [1.807, 2.05) is 38.1 Å². The summed E-state index contributed by atoms with van der Waals surface area (Å²) in [6.07, 6.45) is 1.50. The van der Waals surface area contributed by atoms with Crippen LogP contribution < -0.4 is 14.9 Å². The van der Waals surface area contributed by atoms with Crippen LogP contribution in [0.15, 0.2) is 77.9 Å². The molecule has 0 fully saturated rings. The van der Waals surface area contributed by atoms with Crippen LogP contribution in [-0.2, 0) is 4.79 Å². The van der Waals surface area contributed by atoms with Crippen molar-refractivity contribution in [2.75, 3.05) is 6.61 Å². The maximum absolute atomic E-state index is 12.2. The number of hydrazone groups is 1. The van der Waals surface area contributed by atoms with Crippen molar-refractivity contribution in [2.24, 2.45) is 5.10 Å². The minimum atomic E-state index is -0.407. The van der Waals surface area contributed by atoms with E-state index in [0.29, 0.717) is 17.1 Å². The summed E-state index contributed by atoms with van der Waals surface area (Å²) in [4.78, 5) is 24.0. The number of esters is 1. The Morgan fingerprint density at radius 3 is 2.27 bits per heavy atom. The van der Waals surface area contributed by atoms with E-state index in [4.69, 9.17) is 9.47 Å². The quantitative estimate of drug-likeness (QED) is 0.280. The molecule has 0 heterocycles. The first-order valence-electron chi connectivity index (χ1n) is 9.40. The molecule has 0 aromatic heterocycles. The fourth-order valence-electron chi connectivity index (χ4n) is 2.58. The molecule has 30 heavy (non-hydrogen) atoms. The Labute approximate surface area is 175 Å². The van der Waals surface area contributed by atoms with Crippen LogP contribution in [0.4, 0.5) is 0 Å². The molecule has 152 valence electrons. The third-order valence-corrected chi connectivity index (χ3v) is 4.25. The fraction of sp³-hybridized carbons (Fsp3) is 0.125. The zero-order valence-corrected chi connectivity index (χ0v) is 16.8. The smallest absolute Gasteiger partial charge is 0.343 e. The van der Waals surface area contributed by atoms with Crippen LogP contribution in [0.3, 0.4) is 0 Å². The molecule has 3 aromatic carbocycles. The molecular formula is C24H22N2O4. The molecule has 6 heteroatoms. The third-order valence-electron chi connectivity index (χ3n) is 4.25. The first kappa shape index (κ1) is 20.8. The van der Waals surface area contributed by atoms with Gasteiger partial charge in [-0.1, -0.05) is 35.9 Å². The van der Waals surface area contributed by atoms with E-state index in [-0.39, 0.29) is 12.5 Å². The monoisotopic (exact) mass is 402 g/mol. The highest BCUT2D eigenvalue weighted by Gasteiger charge is 2.10. The Morgan fingerprint density at radius 1 is 0.900 bits per heavy atom. The van der Waals surface area contributed by atoms with Crippen molar-refractivity contribution >= 4 is 18.1 Å². The number of carbonyl (C=O) groups excluding carboxylic acids is 2. The Balaban J connectivity index is 1.47. The minimum absolute atomic E-state index is 0.131. The molecule has 0 aliphatic carbocycles. The van der Waals surface area contributed by atoms with Gasteiger partial charge in [0.1, 0.15) is 11.5 Å². The summed E-state index contributed by atoms with van der Waals surface area (Å²) in [5.41, 5.74) is 5.65. The largest absolute Gasteiger partial charge is 0.484 e. The van der Waals surface area contributed by atoms with E-state index in [2.05, 4.69) is 10.5 Å². The second kappa shape index (κ2) is 10.0. The number of hydrogen-bond acceptors (Lipinski definition) is 5. The summed E-state index contributed by atoms with van der Waals surface area (Å²) >= 11 is 0. The number of carbonyl (C=O) groups is 2. The number of rotatable bonds is 7. The lowest BCUT2D eigenvalue weighted by atomic mass is 10.1. The number of nitrogens with one attached hydrogen (secondary N) is 1. The predicted octanol–water partition coefficient (Wildman–Crippen LogP) is 4.05. The third kappa shape index (κ3) is 6.04. The van der Waals surface area contributed by atoms with Crippen molar-refractivity contribution in [3.63, 3.8) is 0 Å². The number of amides is 1. The van der Waals surface area contributed by atoms with E-state index in [0.717, 1.165) is 16.7 Å². The van der Waals surface area contributed by atoms with Crippen LogP contribution in [-0.4, -0.2) is 24.7 Å². The molecule has 1 amide bonds. The standard InChI is InChI=1S/C24H22N2O4/c1-17-7-11-20(12-8-17)29-16-23(27)26-25-15-19-9-13-21(14-10-19)30-24(28)22-6-4-3-5-18(22)2/h3-15H,16H2,1-2H3,(H,26,27). The highest BCUT2D eigenvalue weighted by atomic mass is 16.5. The topological polar surface area (TPSA) is 77.0 Å². The first-order valence-corrected chi connectivity index (χ1v) is 9.40. The van der Waals surface area contributed by atoms with E-state index < -0.39 is 5.97 Å². The molecule has 0 aliphatic heterocycles. The van der Waals surface area contributed by atoms with Crippen molar-refractivity contribution in [2.45, 2.75) is 13.8 Å². The number of aryl methyl sites for hydroxylation is 2. The van der Waals surface area contributed by atoms with Crippen LogP contribution in [0.2, 0.25) is 0 Å². The number of hydrogen-bond donors (Lipinski definition) is 1. The molecule has 6 nitrogen and oxygen atoms in total. The van der Waals surface area contributed by atoms with Crippen LogP contribution in [0.1, 0.15) is 27.0 Å². The van der Waals surface area contributed by atoms with Crippen molar-refractivity contribution < 1.29 is 19.1 Å². The van der Waals surface area contributed by atoms with Gasteiger partial charge in [0, 0.05) is 0 Å². The first-order chi connectivity index (χ1) is 14.5. The van der Waals surface area contributed by atoms with Crippen LogP contribution >= 0.6 is 0 Å². The zero-order valence-electron chi connectivity index (χ0n) is 16.8. The van der Waals surface area contributed by atoms with Crippen molar-refractivity contribution in [1.29, 1.82) is 0 Å². The van der Waals surface area contributed by atoms with E-state index in [1.54, 1.807) is 48.5 Å². The average molecular weight is 402 g/mol. The highest BCUT2D eigenvalue weighted by Crippen LogP contribution is 2.15. The lowest BCUT2D eigenvalue weighted by molar-refractivity contribution is -0.123. The fourth-order valence-corrected chi connectivity index (χ4v) is 2.58. The summed E-state index contributed by atoms with van der Waals surface area (Å²) < 4.78 is 10.8. The predicted molar refractivity (Wildman–Crippen MR) is 115 cm³/mol. The molecule has 0 unspecified atom stereocenters. The number of ether oxygens (including phenoxy) is 2. The molecule has 0 aliphatic rings. The SMILES string of the molecule is Cc1ccc(OCC(=O)NN=Cc2ccc(OC(=O)c3ccccc3C)cc2)cc1. The molecule has 0 bridgehead atoms. The lowest BCUT2D eigenvalue weighted by Gasteiger charge is -2.07. The van der Waals surface area contributed by atoms with Crippen molar-refractivity contribution in [3.05, 3.63) is 95.1 Å². The lowest BCUT2D eigenvalue weighted by Crippen LogP contribution is -2.24. The van der Waals surface area contributed by atoms with Crippen molar-refractivity contribution in [3.8, 4) is 11.5 Å². The Hall–Kier alpha value is -3.93. The zero-order chi connectivity index (χ0) is 21.3. The number of benzene rings is 3. The Bertz CT molecular complexity index is 1040. The van der Waals surface area contributed by atoms with Gasteiger partial charge >= 0.3 is 5.97 Å². The molecule has 0 saturated heterocycles. The summed E-state index contributed by atoms with van der Waals surface area (Å²) in [6, 6.07) is 21.5. The van der Waals surface area contributed by atoms with E-state index in [1.165, 1.54) is 6.21 Å². The van der Waals surface area contributed by atoms with Gasteiger partial charge in [0.2, 0.25) is 0 Å². The van der Waals surface area contributed by atoms with Gasteiger partial charge in [-0.15, -0.1) is 0 Å². The van der Waals surface area contributed by atoms with E-state index >= 15 is 0 Å². The highest BCUT2D eigenvalue weighted by molar-refractivity contribution is 5.92.